The van der Waals surface area contributed by atoms with Gasteiger partial charge in [-0.25, -0.2) is 0 Å². The number of nitrogens with zero attached hydrogens (tertiary/aromatic N) is 1. The quantitative estimate of drug-likeness (QED) is 0.797. The summed E-state index contributed by atoms with van der Waals surface area (Å²) in [5.74, 6) is 1.53. The number of hydrogen-bond acceptors (Lipinski definition) is 3. The van der Waals surface area contributed by atoms with Crippen LogP contribution in [-0.2, 0) is 4.79 Å². The molecule has 0 spiro atoms. The molecule has 16 heavy (non-hydrogen) atoms. The van der Waals surface area contributed by atoms with E-state index < -0.39 is 0 Å². The molecule has 1 heterocycles. The zero-order chi connectivity index (χ0) is 12.0. The number of hydrogen-bond donors (Lipinski definition) is 1. The van der Waals surface area contributed by atoms with Crippen molar-refractivity contribution >= 4 is 17.7 Å². The first-order chi connectivity index (χ1) is 7.69. The van der Waals surface area contributed by atoms with E-state index in [9.17, 15) is 4.79 Å². The topological polar surface area (TPSA) is 32.3 Å². The molecule has 1 amide bonds. The minimum atomic E-state index is 0.112. The molecule has 0 radical (unpaired) electrons. The van der Waals surface area contributed by atoms with Crippen LogP contribution in [0.3, 0.4) is 0 Å². The summed E-state index contributed by atoms with van der Waals surface area (Å²) in [5.41, 5.74) is 0. The Morgan fingerprint density at radius 3 is 2.94 bits per heavy atom. The highest BCUT2D eigenvalue weighted by molar-refractivity contribution is 8.00. The maximum Gasteiger partial charge on any atom is 0.226 e. The van der Waals surface area contributed by atoms with Crippen LogP contribution < -0.4 is 5.32 Å². The second kappa shape index (κ2) is 7.17. The van der Waals surface area contributed by atoms with Crippen LogP contribution in [0.5, 0.6) is 0 Å². The van der Waals surface area contributed by atoms with Gasteiger partial charge in [-0.3, -0.25) is 4.79 Å². The summed E-state index contributed by atoms with van der Waals surface area (Å²) in [4.78, 5) is 14.2. The first-order valence-corrected chi connectivity index (χ1v) is 7.35. The molecule has 94 valence electrons. The number of carbonyl (C=O) groups is 1. The average Bonchev–Trinajstić information content (AvgIpc) is 2.35. The molecule has 1 N–H and O–H groups in total. The molecule has 2 atom stereocenters. The van der Waals surface area contributed by atoms with Crippen molar-refractivity contribution in [2.75, 3.05) is 31.9 Å². The molecule has 1 aliphatic rings. The molecular formula is C12H24N2OS. The molecule has 1 aliphatic heterocycles. The Bertz CT molecular complexity index is 223. The van der Waals surface area contributed by atoms with E-state index in [2.05, 4.69) is 19.2 Å². The Balaban J connectivity index is 2.40. The van der Waals surface area contributed by atoms with Gasteiger partial charge in [-0.15, -0.1) is 0 Å². The molecule has 0 aromatic heterocycles. The van der Waals surface area contributed by atoms with Crippen molar-refractivity contribution in [1.29, 1.82) is 0 Å². The summed E-state index contributed by atoms with van der Waals surface area (Å²) >= 11 is 2.00. The molecule has 0 aromatic rings. The Morgan fingerprint density at radius 1 is 1.56 bits per heavy atom. The van der Waals surface area contributed by atoms with E-state index in [1.807, 2.05) is 23.6 Å². The minimum Gasteiger partial charge on any atom is -0.340 e. The first-order valence-electron chi connectivity index (χ1n) is 6.30. The van der Waals surface area contributed by atoms with Crippen LogP contribution in [0.25, 0.3) is 0 Å². The van der Waals surface area contributed by atoms with Gasteiger partial charge in [0.25, 0.3) is 0 Å². The van der Waals surface area contributed by atoms with E-state index in [-0.39, 0.29) is 5.92 Å². The van der Waals surface area contributed by atoms with Crippen LogP contribution in [0.4, 0.5) is 0 Å². The van der Waals surface area contributed by atoms with Gasteiger partial charge in [0.2, 0.25) is 5.91 Å². The molecule has 0 saturated carbocycles. The molecule has 0 aromatic carbocycles. The van der Waals surface area contributed by atoms with Crippen molar-refractivity contribution in [2.45, 2.75) is 32.4 Å². The Hall–Kier alpha value is -0.220. The first kappa shape index (κ1) is 13.8. The lowest BCUT2D eigenvalue weighted by Gasteiger charge is -2.33. The van der Waals surface area contributed by atoms with Gasteiger partial charge >= 0.3 is 0 Å². The van der Waals surface area contributed by atoms with Gasteiger partial charge in [0.05, 0.1) is 0 Å². The lowest BCUT2D eigenvalue weighted by atomic mass is 10.1. The smallest absolute Gasteiger partial charge is 0.226 e. The highest BCUT2D eigenvalue weighted by atomic mass is 32.2. The average molecular weight is 244 g/mol. The second-order valence-corrected chi connectivity index (χ2v) is 5.80. The van der Waals surface area contributed by atoms with E-state index >= 15 is 0 Å². The molecule has 0 aliphatic carbocycles. The van der Waals surface area contributed by atoms with Crippen molar-refractivity contribution in [1.82, 2.24) is 10.2 Å². The highest BCUT2D eigenvalue weighted by Gasteiger charge is 2.25. The number of carbonyl (C=O) groups excluding carboxylic acids is 1. The minimum absolute atomic E-state index is 0.112. The van der Waals surface area contributed by atoms with E-state index in [1.54, 1.807) is 0 Å². The van der Waals surface area contributed by atoms with Crippen LogP contribution in [0, 0.1) is 5.92 Å². The molecule has 0 bridgehead atoms. The van der Waals surface area contributed by atoms with Crippen LogP contribution >= 0.6 is 11.8 Å². The second-order valence-electron chi connectivity index (χ2n) is 4.39. The van der Waals surface area contributed by atoms with Crippen molar-refractivity contribution in [3.05, 3.63) is 0 Å². The third-order valence-electron chi connectivity index (χ3n) is 3.03. The predicted octanol–water partition coefficient (Wildman–Crippen LogP) is 1.59. The van der Waals surface area contributed by atoms with Gasteiger partial charge < -0.3 is 10.2 Å². The lowest BCUT2D eigenvalue weighted by molar-refractivity contribution is -0.134. The van der Waals surface area contributed by atoms with E-state index in [0.29, 0.717) is 11.2 Å². The summed E-state index contributed by atoms with van der Waals surface area (Å²) < 4.78 is 0. The van der Waals surface area contributed by atoms with E-state index in [4.69, 9.17) is 0 Å². The normalized spacial score (nSPS) is 23.2. The third kappa shape index (κ3) is 3.98. The fourth-order valence-electron chi connectivity index (χ4n) is 1.93. The monoisotopic (exact) mass is 244 g/mol. The third-order valence-corrected chi connectivity index (χ3v) is 4.40. The molecule has 4 heteroatoms. The van der Waals surface area contributed by atoms with Crippen LogP contribution in [0.15, 0.2) is 0 Å². The zero-order valence-corrected chi connectivity index (χ0v) is 11.5. The number of nitrogens with one attached hydrogen (secondary N) is 1. The number of rotatable bonds is 5. The van der Waals surface area contributed by atoms with Crippen molar-refractivity contribution < 1.29 is 4.79 Å². The Kier molecular flexibility index (Phi) is 6.21. The van der Waals surface area contributed by atoms with Crippen molar-refractivity contribution in [2.24, 2.45) is 5.92 Å². The molecule has 1 saturated heterocycles. The summed E-state index contributed by atoms with van der Waals surface area (Å²) in [7, 11) is 0. The molecule has 1 fully saturated rings. The summed E-state index contributed by atoms with van der Waals surface area (Å²) in [6.45, 7) is 9.90. The van der Waals surface area contributed by atoms with E-state index in [0.717, 1.165) is 38.4 Å². The molecule has 1 rings (SSSR count). The summed E-state index contributed by atoms with van der Waals surface area (Å²) in [6, 6.07) is 0. The molecular weight excluding hydrogens is 220 g/mol. The largest absolute Gasteiger partial charge is 0.340 e. The van der Waals surface area contributed by atoms with Crippen LogP contribution in [0.2, 0.25) is 0 Å². The maximum absolute atomic E-state index is 12.1. The SMILES string of the molecule is CCNCC(C)C(=O)N1CCSC(CC)C1. The molecule has 3 nitrogen and oxygen atoms in total. The Morgan fingerprint density at radius 2 is 2.31 bits per heavy atom. The maximum atomic E-state index is 12.1. The van der Waals surface area contributed by atoms with Gasteiger partial charge in [0, 0.05) is 36.6 Å². The van der Waals surface area contributed by atoms with Crippen molar-refractivity contribution in [3.8, 4) is 0 Å². The zero-order valence-electron chi connectivity index (χ0n) is 10.7. The summed E-state index contributed by atoms with van der Waals surface area (Å²) in [5, 5.41) is 3.88. The number of thioether (sulfide) groups is 1. The van der Waals surface area contributed by atoms with Gasteiger partial charge in [0.15, 0.2) is 0 Å². The van der Waals surface area contributed by atoms with Crippen molar-refractivity contribution in [3.63, 3.8) is 0 Å². The fourth-order valence-corrected chi connectivity index (χ4v) is 3.11. The van der Waals surface area contributed by atoms with Crippen LogP contribution in [0.1, 0.15) is 27.2 Å². The van der Waals surface area contributed by atoms with Gasteiger partial charge in [0.1, 0.15) is 0 Å². The van der Waals surface area contributed by atoms with Gasteiger partial charge in [-0.2, -0.15) is 11.8 Å². The highest BCUT2D eigenvalue weighted by Crippen LogP contribution is 2.22. The summed E-state index contributed by atoms with van der Waals surface area (Å²) in [6.07, 6.45) is 1.16. The van der Waals surface area contributed by atoms with E-state index in [1.165, 1.54) is 0 Å². The van der Waals surface area contributed by atoms with Gasteiger partial charge in [-0.05, 0) is 13.0 Å². The Labute approximate surface area is 103 Å². The van der Waals surface area contributed by atoms with Gasteiger partial charge in [-0.1, -0.05) is 20.8 Å². The molecule has 2 unspecified atom stereocenters. The lowest BCUT2D eigenvalue weighted by Crippen LogP contribution is -2.45. The number of amides is 1. The van der Waals surface area contributed by atoms with Crippen LogP contribution in [-0.4, -0.2) is 48.0 Å². The fraction of sp³-hybridized carbons (Fsp3) is 0.917. The predicted molar refractivity (Wildman–Crippen MR) is 70.8 cm³/mol. The standard InChI is InChI=1S/C12H24N2OS/c1-4-11-9-14(6-7-16-11)12(15)10(3)8-13-5-2/h10-11,13H,4-9H2,1-3H3.